The number of rotatable bonds is 16. The molecule has 11 nitrogen and oxygen atoms in total. The summed E-state index contributed by atoms with van der Waals surface area (Å²) in [6.45, 7) is 4.21. The quantitative estimate of drug-likeness (QED) is 0.173. The first-order valence-corrected chi connectivity index (χ1v) is 15.4. The summed E-state index contributed by atoms with van der Waals surface area (Å²) in [6, 6.07) is 10.1. The zero-order valence-corrected chi connectivity index (χ0v) is 24.2. The topological polar surface area (TPSA) is 147 Å². The lowest BCUT2D eigenvalue weighted by Crippen LogP contribution is -2.36. The van der Waals surface area contributed by atoms with Crippen LogP contribution in [0.5, 0.6) is 0 Å². The molecule has 2 aliphatic rings. The number of hydrogen-bond acceptors (Lipinski definition) is 9. The van der Waals surface area contributed by atoms with Crippen LogP contribution in [0, 0.1) is 18.3 Å². The third-order valence-corrected chi connectivity index (χ3v) is 9.40. The molecule has 0 unspecified atom stereocenters. The molecule has 2 fully saturated rings. The molecule has 0 bridgehead atoms. The molecule has 0 saturated carbocycles. The summed E-state index contributed by atoms with van der Waals surface area (Å²) < 4.78 is 12.6. The van der Waals surface area contributed by atoms with Gasteiger partial charge in [0.2, 0.25) is 5.91 Å². The SMILES string of the molecule is Cc1ccccc1Nc1sn(CCOCCOCCNC(=O)CCCC[C@@H]2SC[C@@H]3NC(=O)N[C@@H]32)c(=O)c1C#N. The summed E-state index contributed by atoms with van der Waals surface area (Å²) in [7, 11) is 0. The van der Waals surface area contributed by atoms with Gasteiger partial charge >= 0.3 is 6.03 Å². The summed E-state index contributed by atoms with van der Waals surface area (Å²) in [6.07, 6.45) is 3.26. The van der Waals surface area contributed by atoms with E-state index in [1.165, 1.54) is 15.5 Å². The first-order chi connectivity index (χ1) is 19.5. The highest BCUT2D eigenvalue weighted by Gasteiger charge is 2.42. The Hall–Kier alpha value is -3.05. The number of para-hydroxylation sites is 1. The number of nitrogens with one attached hydrogen (secondary N) is 4. The van der Waals surface area contributed by atoms with Crippen molar-refractivity contribution in [2.24, 2.45) is 0 Å². The smallest absolute Gasteiger partial charge is 0.315 e. The van der Waals surface area contributed by atoms with E-state index in [1.54, 1.807) is 0 Å². The number of thioether (sulfide) groups is 1. The number of fused-ring (bicyclic) bond motifs is 1. The monoisotopic (exact) mass is 588 g/mol. The maximum absolute atomic E-state index is 12.6. The highest BCUT2D eigenvalue weighted by Crippen LogP contribution is 2.33. The third-order valence-electron chi connectivity index (χ3n) is 6.83. The molecule has 1 aromatic carbocycles. The maximum atomic E-state index is 12.6. The van der Waals surface area contributed by atoms with Gasteiger partial charge in [-0.3, -0.25) is 13.5 Å². The van der Waals surface area contributed by atoms with E-state index in [4.69, 9.17) is 9.47 Å². The van der Waals surface area contributed by atoms with Crippen LogP contribution in [0.25, 0.3) is 0 Å². The van der Waals surface area contributed by atoms with E-state index >= 15 is 0 Å². The number of carbonyl (C=O) groups excluding carboxylic acids is 2. The predicted molar refractivity (Wildman–Crippen MR) is 156 cm³/mol. The van der Waals surface area contributed by atoms with Crippen molar-refractivity contribution in [3.8, 4) is 6.07 Å². The molecular weight excluding hydrogens is 552 g/mol. The summed E-state index contributed by atoms with van der Waals surface area (Å²) in [5, 5.41) is 22.4. The van der Waals surface area contributed by atoms with E-state index < -0.39 is 0 Å². The predicted octanol–water partition coefficient (Wildman–Crippen LogP) is 2.71. The van der Waals surface area contributed by atoms with Crippen LogP contribution >= 0.6 is 23.3 Å². The molecule has 216 valence electrons. The molecule has 3 heterocycles. The van der Waals surface area contributed by atoms with Gasteiger partial charge in [-0.1, -0.05) is 24.6 Å². The largest absolute Gasteiger partial charge is 0.377 e. The zero-order valence-electron chi connectivity index (χ0n) is 22.6. The second-order valence-electron chi connectivity index (χ2n) is 9.70. The van der Waals surface area contributed by atoms with Gasteiger partial charge in [-0.25, -0.2) is 4.79 Å². The number of urea groups is 1. The van der Waals surface area contributed by atoms with Gasteiger partial charge in [0.1, 0.15) is 11.1 Å². The molecule has 1 aromatic heterocycles. The van der Waals surface area contributed by atoms with Crippen LogP contribution in [0.15, 0.2) is 29.1 Å². The van der Waals surface area contributed by atoms with Gasteiger partial charge in [0, 0.05) is 29.7 Å². The van der Waals surface area contributed by atoms with E-state index in [2.05, 4.69) is 21.3 Å². The van der Waals surface area contributed by atoms with Crippen molar-refractivity contribution >= 4 is 45.9 Å². The van der Waals surface area contributed by atoms with Crippen LogP contribution in [-0.4, -0.2) is 72.0 Å². The lowest BCUT2D eigenvalue weighted by molar-refractivity contribution is -0.121. The average molecular weight is 589 g/mol. The van der Waals surface area contributed by atoms with Crippen LogP contribution in [0.2, 0.25) is 0 Å². The van der Waals surface area contributed by atoms with Crippen molar-refractivity contribution in [1.82, 2.24) is 19.9 Å². The second-order valence-corrected chi connectivity index (χ2v) is 12.0. The molecule has 3 atom stereocenters. The molecule has 0 spiro atoms. The fourth-order valence-electron chi connectivity index (χ4n) is 4.68. The van der Waals surface area contributed by atoms with Gasteiger partial charge in [-0.05, 0) is 42.9 Å². The van der Waals surface area contributed by atoms with Crippen LogP contribution in [0.3, 0.4) is 0 Å². The summed E-state index contributed by atoms with van der Waals surface area (Å²) in [4.78, 5) is 36.1. The number of unbranched alkanes of at least 4 members (excludes halogenated alkanes) is 1. The maximum Gasteiger partial charge on any atom is 0.315 e. The Labute approximate surface area is 242 Å². The molecule has 4 rings (SSSR count). The van der Waals surface area contributed by atoms with Crippen LogP contribution < -0.4 is 26.8 Å². The number of nitriles is 1. The van der Waals surface area contributed by atoms with Crippen molar-refractivity contribution in [1.29, 1.82) is 5.26 Å². The third kappa shape index (κ3) is 8.23. The van der Waals surface area contributed by atoms with E-state index in [1.807, 2.05) is 49.0 Å². The highest BCUT2D eigenvalue weighted by molar-refractivity contribution is 8.00. The van der Waals surface area contributed by atoms with Crippen LogP contribution in [-0.2, 0) is 20.8 Å². The minimum absolute atomic E-state index is 0.0158. The molecule has 0 radical (unpaired) electrons. The lowest BCUT2D eigenvalue weighted by atomic mass is 10.0. The number of anilines is 2. The molecule has 2 aromatic rings. The fraction of sp³-hybridized carbons (Fsp3) is 0.556. The van der Waals surface area contributed by atoms with Gasteiger partial charge < -0.3 is 30.7 Å². The number of aromatic nitrogens is 1. The van der Waals surface area contributed by atoms with Gasteiger partial charge in [-0.15, -0.1) is 0 Å². The molecule has 3 amide bonds. The Bertz CT molecular complexity index is 1260. The van der Waals surface area contributed by atoms with Gasteiger partial charge in [0.15, 0.2) is 5.56 Å². The molecule has 40 heavy (non-hydrogen) atoms. The molecule has 0 aliphatic carbocycles. The Morgan fingerprint density at radius 3 is 2.75 bits per heavy atom. The first-order valence-electron chi connectivity index (χ1n) is 13.5. The fourth-order valence-corrected chi connectivity index (χ4v) is 7.16. The number of benzene rings is 1. The minimum Gasteiger partial charge on any atom is -0.377 e. The number of aryl methyl sites for hydroxylation is 1. The molecule has 13 heteroatoms. The molecule has 2 saturated heterocycles. The Balaban J connectivity index is 1.01. The Kier molecular flexibility index (Phi) is 11.3. The van der Waals surface area contributed by atoms with Crippen LogP contribution in [0.4, 0.5) is 15.5 Å². The Morgan fingerprint density at radius 2 is 1.95 bits per heavy atom. The van der Waals surface area contributed by atoms with Crippen molar-refractivity contribution in [2.45, 2.75) is 56.5 Å². The van der Waals surface area contributed by atoms with Crippen LogP contribution in [0.1, 0.15) is 36.8 Å². The van der Waals surface area contributed by atoms with E-state index in [0.717, 1.165) is 36.3 Å². The second kappa shape index (κ2) is 15.1. The van der Waals surface area contributed by atoms with E-state index in [-0.39, 0.29) is 35.1 Å². The highest BCUT2D eigenvalue weighted by atomic mass is 32.2. The minimum atomic E-state index is -0.329. The number of ether oxygens (including phenoxy) is 2. The van der Waals surface area contributed by atoms with E-state index in [0.29, 0.717) is 56.2 Å². The van der Waals surface area contributed by atoms with Crippen molar-refractivity contribution in [3.63, 3.8) is 0 Å². The summed E-state index contributed by atoms with van der Waals surface area (Å²) in [5.41, 5.74) is 1.65. The normalized spacial score (nSPS) is 19.5. The molecule has 2 aliphatic heterocycles. The van der Waals surface area contributed by atoms with E-state index in [9.17, 15) is 19.6 Å². The number of amides is 3. The first kappa shape index (κ1) is 29.9. The number of hydrogen-bond donors (Lipinski definition) is 4. The zero-order chi connectivity index (χ0) is 28.3. The van der Waals surface area contributed by atoms with Crippen molar-refractivity contribution in [3.05, 3.63) is 45.7 Å². The van der Waals surface area contributed by atoms with Gasteiger partial charge in [0.05, 0.1) is 45.1 Å². The number of carbonyl (C=O) groups is 2. The van der Waals surface area contributed by atoms with Gasteiger partial charge in [-0.2, -0.15) is 17.0 Å². The Morgan fingerprint density at radius 1 is 1.15 bits per heavy atom. The lowest BCUT2D eigenvalue weighted by Gasteiger charge is -2.16. The number of nitrogens with zero attached hydrogens (tertiary/aromatic N) is 2. The standard InChI is InChI=1S/C27H36N6O5S2/c1-18-6-2-3-7-20(18)30-25-19(16-28)26(35)33(40-25)11-13-38-15-14-37-12-10-29-23(34)9-5-4-8-22-24-21(17-39-22)31-27(36)32-24/h2-3,6-7,21-22,24,30H,4-5,8-15,17H2,1H3,(H,29,34)(H2,31,32,36)/t21-,22-,24-/m0/s1. The van der Waals surface area contributed by atoms with Crippen molar-refractivity contribution < 1.29 is 19.1 Å². The van der Waals surface area contributed by atoms with Crippen molar-refractivity contribution in [2.75, 3.05) is 44.0 Å². The molecule has 4 N–H and O–H groups in total. The average Bonchev–Trinajstić information content (AvgIpc) is 3.58. The summed E-state index contributed by atoms with van der Waals surface area (Å²) in [5.74, 6) is 0.965. The van der Waals surface area contributed by atoms with Gasteiger partial charge in [0.25, 0.3) is 5.56 Å². The summed E-state index contributed by atoms with van der Waals surface area (Å²) >= 11 is 3.10. The molecular formula is C27H36N6O5S2.